The van der Waals surface area contributed by atoms with E-state index in [0.29, 0.717) is 6.42 Å². The molecule has 0 spiro atoms. The van der Waals surface area contributed by atoms with E-state index in [9.17, 15) is 10.2 Å². The van der Waals surface area contributed by atoms with Gasteiger partial charge in [-0.05, 0) is 29.0 Å². The lowest BCUT2D eigenvalue weighted by Gasteiger charge is -2.37. The van der Waals surface area contributed by atoms with Gasteiger partial charge >= 0.3 is 0 Å². The van der Waals surface area contributed by atoms with E-state index in [-0.39, 0.29) is 6.61 Å². The molecule has 0 aromatic heterocycles. The topological polar surface area (TPSA) is 49.7 Å². The molecular formula is C42H62O3. The Morgan fingerprint density at radius 2 is 0.844 bits per heavy atom. The molecule has 0 amide bonds. The van der Waals surface area contributed by atoms with Gasteiger partial charge in [-0.15, -0.1) is 0 Å². The maximum atomic E-state index is 11.0. The molecule has 0 aliphatic rings. The molecule has 3 atom stereocenters. The second-order valence-corrected chi connectivity index (χ2v) is 13.3. The van der Waals surface area contributed by atoms with Crippen LogP contribution < -0.4 is 0 Å². The minimum atomic E-state index is -0.954. The number of benzene rings is 3. The standard InChI is InChI=1S/C42H62O3/c1-3-4-5-17-26-36(2)27-18-12-10-8-6-7-9-11-13-25-34-40(43)41(44)35-45-42(37-28-19-14-20-29-37,38-30-21-15-22-31-38)39-32-23-16-24-33-39/h14-16,19-24,28-33,36,40-41,43-44H,3-13,17-18,25-27,34-35H2,1-2H3. The third kappa shape index (κ3) is 13.1. The lowest BCUT2D eigenvalue weighted by molar-refractivity contribution is -0.0802. The van der Waals surface area contributed by atoms with Crippen molar-refractivity contribution in [3.8, 4) is 0 Å². The summed E-state index contributed by atoms with van der Waals surface area (Å²) >= 11 is 0. The van der Waals surface area contributed by atoms with E-state index in [0.717, 1.165) is 35.4 Å². The van der Waals surface area contributed by atoms with Gasteiger partial charge in [0.1, 0.15) is 11.7 Å². The molecule has 0 fully saturated rings. The Bertz CT molecular complexity index is 1000. The fourth-order valence-electron chi connectivity index (χ4n) is 6.61. The third-order valence-corrected chi connectivity index (χ3v) is 9.45. The van der Waals surface area contributed by atoms with Crippen molar-refractivity contribution in [2.24, 2.45) is 5.92 Å². The van der Waals surface area contributed by atoms with Gasteiger partial charge in [-0.3, -0.25) is 0 Å². The van der Waals surface area contributed by atoms with E-state index in [1.54, 1.807) is 0 Å². The SMILES string of the molecule is CCCCCCC(C)CCCCCCCCCCCCC(O)C(O)COC(c1ccccc1)(c1ccccc1)c1ccccc1. The Kier molecular flexibility index (Phi) is 18.2. The molecule has 248 valence electrons. The monoisotopic (exact) mass is 614 g/mol. The minimum absolute atomic E-state index is 0.0394. The van der Waals surface area contributed by atoms with Crippen LogP contribution in [-0.4, -0.2) is 29.0 Å². The second kappa shape index (κ2) is 22.1. The summed E-state index contributed by atoms with van der Waals surface area (Å²) in [5, 5.41) is 21.8. The summed E-state index contributed by atoms with van der Waals surface area (Å²) in [7, 11) is 0. The first-order valence-electron chi connectivity index (χ1n) is 18.2. The van der Waals surface area contributed by atoms with Crippen LogP contribution in [0.5, 0.6) is 0 Å². The first-order valence-corrected chi connectivity index (χ1v) is 18.2. The van der Waals surface area contributed by atoms with Crippen LogP contribution in [0.1, 0.15) is 140 Å². The highest BCUT2D eigenvalue weighted by Gasteiger charge is 2.38. The first kappa shape index (κ1) is 37.0. The smallest absolute Gasteiger partial charge is 0.143 e. The lowest BCUT2D eigenvalue weighted by atomic mass is 9.80. The number of hydrogen-bond acceptors (Lipinski definition) is 3. The molecule has 0 aliphatic carbocycles. The van der Waals surface area contributed by atoms with Crippen molar-refractivity contribution in [1.82, 2.24) is 0 Å². The fourth-order valence-corrected chi connectivity index (χ4v) is 6.61. The number of rotatable bonds is 25. The van der Waals surface area contributed by atoms with E-state index < -0.39 is 17.8 Å². The number of aliphatic hydroxyl groups excluding tert-OH is 2. The molecule has 3 unspecified atom stereocenters. The van der Waals surface area contributed by atoms with Crippen molar-refractivity contribution >= 4 is 0 Å². The molecule has 0 heterocycles. The van der Waals surface area contributed by atoms with E-state index in [1.165, 1.54) is 89.9 Å². The summed E-state index contributed by atoms with van der Waals surface area (Å²) in [6.07, 6.45) is 19.9. The second-order valence-electron chi connectivity index (χ2n) is 13.3. The van der Waals surface area contributed by atoms with Crippen LogP contribution in [0, 0.1) is 5.92 Å². The van der Waals surface area contributed by atoms with Crippen molar-refractivity contribution < 1.29 is 14.9 Å². The Balaban J connectivity index is 1.34. The van der Waals surface area contributed by atoms with Crippen LogP contribution in [0.15, 0.2) is 91.0 Å². The van der Waals surface area contributed by atoms with Gasteiger partial charge in [-0.2, -0.15) is 0 Å². The van der Waals surface area contributed by atoms with Gasteiger partial charge in [0, 0.05) is 0 Å². The fraction of sp³-hybridized carbons (Fsp3) is 0.571. The zero-order chi connectivity index (χ0) is 32.0. The average molecular weight is 615 g/mol. The third-order valence-electron chi connectivity index (χ3n) is 9.45. The molecule has 0 saturated heterocycles. The van der Waals surface area contributed by atoms with Gasteiger partial charge in [-0.25, -0.2) is 0 Å². The Morgan fingerprint density at radius 1 is 0.489 bits per heavy atom. The van der Waals surface area contributed by atoms with E-state index in [1.807, 2.05) is 54.6 Å². The molecule has 2 N–H and O–H groups in total. The summed E-state index contributed by atoms with van der Waals surface area (Å²) in [4.78, 5) is 0. The Hall–Kier alpha value is -2.46. The molecule has 3 rings (SSSR count). The zero-order valence-corrected chi connectivity index (χ0v) is 28.4. The van der Waals surface area contributed by atoms with E-state index in [2.05, 4.69) is 50.2 Å². The normalized spacial score (nSPS) is 13.9. The molecule has 0 saturated carbocycles. The van der Waals surface area contributed by atoms with Crippen molar-refractivity contribution in [2.75, 3.05) is 6.61 Å². The van der Waals surface area contributed by atoms with Crippen LogP contribution in [0.3, 0.4) is 0 Å². The van der Waals surface area contributed by atoms with Crippen molar-refractivity contribution in [2.45, 2.75) is 141 Å². The summed E-state index contributed by atoms with van der Waals surface area (Å²) < 4.78 is 6.70. The molecule has 3 heteroatoms. The predicted octanol–water partition coefficient (Wildman–Crippen LogP) is 11.0. The lowest BCUT2D eigenvalue weighted by Crippen LogP contribution is -2.39. The van der Waals surface area contributed by atoms with Crippen LogP contribution in [-0.2, 0) is 10.3 Å². The van der Waals surface area contributed by atoms with Crippen LogP contribution in [0.25, 0.3) is 0 Å². The minimum Gasteiger partial charge on any atom is -0.390 e. The molecule has 3 nitrogen and oxygen atoms in total. The van der Waals surface area contributed by atoms with E-state index in [4.69, 9.17) is 4.74 Å². The maximum absolute atomic E-state index is 11.0. The number of ether oxygens (including phenoxy) is 1. The zero-order valence-electron chi connectivity index (χ0n) is 28.4. The van der Waals surface area contributed by atoms with Crippen molar-refractivity contribution in [3.05, 3.63) is 108 Å². The number of unbranched alkanes of at least 4 members (excludes halogenated alkanes) is 12. The van der Waals surface area contributed by atoms with Gasteiger partial charge in [0.25, 0.3) is 0 Å². The van der Waals surface area contributed by atoms with Gasteiger partial charge in [-0.1, -0.05) is 208 Å². The molecule has 3 aromatic rings. The van der Waals surface area contributed by atoms with Gasteiger partial charge in [0.2, 0.25) is 0 Å². The predicted molar refractivity (Wildman–Crippen MR) is 191 cm³/mol. The maximum Gasteiger partial charge on any atom is 0.143 e. The number of hydrogen-bond donors (Lipinski definition) is 2. The quantitative estimate of drug-likeness (QED) is 0.0737. The van der Waals surface area contributed by atoms with E-state index >= 15 is 0 Å². The summed E-state index contributed by atoms with van der Waals surface area (Å²) in [5.74, 6) is 0.903. The summed E-state index contributed by atoms with van der Waals surface area (Å²) in [6.45, 7) is 4.76. The molecule has 0 radical (unpaired) electrons. The molecular weight excluding hydrogens is 552 g/mol. The van der Waals surface area contributed by atoms with Gasteiger partial charge in [0.15, 0.2) is 0 Å². The highest BCUT2D eigenvalue weighted by atomic mass is 16.5. The highest BCUT2D eigenvalue weighted by Crippen LogP contribution is 2.40. The van der Waals surface area contributed by atoms with Crippen LogP contribution in [0.2, 0.25) is 0 Å². The molecule has 0 bridgehead atoms. The van der Waals surface area contributed by atoms with Crippen molar-refractivity contribution in [1.29, 1.82) is 0 Å². The highest BCUT2D eigenvalue weighted by molar-refractivity contribution is 5.47. The first-order chi connectivity index (χ1) is 22.1. The Morgan fingerprint density at radius 3 is 1.24 bits per heavy atom. The van der Waals surface area contributed by atoms with Gasteiger partial charge in [0.05, 0.1) is 12.7 Å². The van der Waals surface area contributed by atoms with Crippen LogP contribution >= 0.6 is 0 Å². The van der Waals surface area contributed by atoms with Gasteiger partial charge < -0.3 is 14.9 Å². The number of aliphatic hydroxyl groups is 2. The van der Waals surface area contributed by atoms with Crippen LogP contribution in [0.4, 0.5) is 0 Å². The Labute approximate surface area is 275 Å². The summed E-state index contributed by atoms with van der Waals surface area (Å²) in [5.41, 5.74) is 2.09. The molecule has 3 aromatic carbocycles. The average Bonchev–Trinajstić information content (AvgIpc) is 3.08. The largest absolute Gasteiger partial charge is 0.390 e. The summed E-state index contributed by atoms with van der Waals surface area (Å²) in [6, 6.07) is 30.5. The molecule has 0 aliphatic heterocycles. The van der Waals surface area contributed by atoms with Crippen molar-refractivity contribution in [3.63, 3.8) is 0 Å². The molecule has 45 heavy (non-hydrogen) atoms.